The Balaban J connectivity index is 2.27. The van der Waals surface area contributed by atoms with Crippen molar-refractivity contribution >= 4 is 21.6 Å². The molecule has 84 valence electrons. The van der Waals surface area contributed by atoms with Gasteiger partial charge in [0, 0.05) is 25.0 Å². The van der Waals surface area contributed by atoms with Gasteiger partial charge in [-0.25, -0.2) is 8.42 Å². The molecular weight excluding hydrogens is 236 g/mol. The summed E-state index contributed by atoms with van der Waals surface area (Å²) in [5.74, 6) is 0.294. The van der Waals surface area contributed by atoms with Crippen molar-refractivity contribution in [3.05, 3.63) is 18.0 Å². The quantitative estimate of drug-likeness (QED) is 0.822. The summed E-state index contributed by atoms with van der Waals surface area (Å²) < 4.78 is 25.5. The Bertz CT molecular complexity index is 450. The Morgan fingerprint density at radius 3 is 2.73 bits per heavy atom. The molecule has 0 amide bonds. The molecule has 0 bridgehead atoms. The number of alkyl halides is 1. The lowest BCUT2D eigenvalue weighted by molar-refractivity contribution is 0.464. The Kier molecular flexibility index (Phi) is 2.79. The van der Waals surface area contributed by atoms with Crippen LogP contribution < -0.4 is 0 Å². The molecule has 1 aliphatic rings. The van der Waals surface area contributed by atoms with Crippen molar-refractivity contribution in [1.29, 1.82) is 0 Å². The second-order valence-corrected chi connectivity index (χ2v) is 6.01. The predicted octanol–water partition coefficient (Wildman–Crippen LogP) is 1.54. The van der Waals surface area contributed by atoms with Crippen molar-refractivity contribution in [2.45, 2.75) is 29.7 Å². The molecule has 1 aromatic heterocycles. The Morgan fingerprint density at radius 1 is 1.60 bits per heavy atom. The Morgan fingerprint density at radius 2 is 2.27 bits per heavy atom. The average Bonchev–Trinajstić information content (AvgIpc) is 2.93. The fourth-order valence-corrected chi connectivity index (χ4v) is 3.03. The maximum atomic E-state index is 12.0. The summed E-state index contributed by atoms with van der Waals surface area (Å²) >= 11 is 5.61. The summed E-state index contributed by atoms with van der Waals surface area (Å²) in [5.41, 5.74) is 0.722. The van der Waals surface area contributed by atoms with Gasteiger partial charge >= 0.3 is 0 Å². The molecule has 0 spiro atoms. The summed E-state index contributed by atoms with van der Waals surface area (Å²) in [7, 11) is -1.70. The van der Waals surface area contributed by atoms with Gasteiger partial charge in [0.1, 0.15) is 0 Å². The highest BCUT2D eigenvalue weighted by Crippen LogP contribution is 2.30. The number of rotatable bonds is 4. The molecule has 2 rings (SSSR count). The molecule has 0 aromatic carbocycles. The van der Waals surface area contributed by atoms with Crippen LogP contribution in [0.3, 0.4) is 0 Å². The van der Waals surface area contributed by atoms with Gasteiger partial charge in [0.15, 0.2) is 0 Å². The van der Waals surface area contributed by atoms with Gasteiger partial charge in [0.05, 0.1) is 10.8 Å². The number of nitrogens with zero attached hydrogens (tertiary/aromatic N) is 1. The normalized spacial score (nSPS) is 17.3. The average molecular weight is 249 g/mol. The van der Waals surface area contributed by atoms with Gasteiger partial charge in [-0.1, -0.05) is 0 Å². The minimum Gasteiger partial charge on any atom is -0.363 e. The summed E-state index contributed by atoms with van der Waals surface area (Å²) in [6, 6.07) is 1.77. The highest BCUT2D eigenvalue weighted by molar-refractivity contribution is 7.89. The van der Waals surface area contributed by atoms with Crippen LogP contribution in [0.4, 0.5) is 0 Å². The van der Waals surface area contributed by atoms with E-state index in [1.165, 1.54) is 10.5 Å². The monoisotopic (exact) mass is 248 g/mol. The number of aromatic nitrogens is 1. The molecule has 1 fully saturated rings. The SMILES string of the molecule is CN(C1CC1)S(=O)(=O)c1c[nH]c(CCl)c1. The zero-order valence-corrected chi connectivity index (χ0v) is 9.98. The molecule has 1 aliphatic carbocycles. The van der Waals surface area contributed by atoms with Crippen LogP contribution in [0.2, 0.25) is 0 Å². The molecule has 1 saturated carbocycles. The zero-order valence-electron chi connectivity index (χ0n) is 8.40. The molecule has 1 heterocycles. The van der Waals surface area contributed by atoms with Crippen molar-refractivity contribution in [2.24, 2.45) is 0 Å². The van der Waals surface area contributed by atoms with E-state index in [0.717, 1.165) is 18.5 Å². The minimum atomic E-state index is -3.32. The molecule has 4 nitrogen and oxygen atoms in total. The lowest BCUT2D eigenvalue weighted by Gasteiger charge is -2.14. The molecule has 1 N–H and O–H groups in total. The molecule has 0 unspecified atom stereocenters. The number of aromatic amines is 1. The summed E-state index contributed by atoms with van der Waals surface area (Å²) in [6.07, 6.45) is 3.41. The number of halogens is 1. The van der Waals surface area contributed by atoms with Gasteiger partial charge < -0.3 is 4.98 Å². The molecule has 0 radical (unpaired) electrons. The fourth-order valence-electron chi connectivity index (χ4n) is 1.45. The number of H-pyrrole nitrogens is 1. The topological polar surface area (TPSA) is 53.2 Å². The molecule has 15 heavy (non-hydrogen) atoms. The summed E-state index contributed by atoms with van der Waals surface area (Å²) in [6.45, 7) is 0. The van der Waals surface area contributed by atoms with Gasteiger partial charge in [-0.2, -0.15) is 4.31 Å². The van der Waals surface area contributed by atoms with Crippen LogP contribution in [0.1, 0.15) is 18.5 Å². The van der Waals surface area contributed by atoms with Crippen LogP contribution >= 0.6 is 11.6 Å². The van der Waals surface area contributed by atoms with Crippen LogP contribution in [0.25, 0.3) is 0 Å². The second kappa shape index (κ2) is 3.81. The van der Waals surface area contributed by atoms with E-state index in [0.29, 0.717) is 10.8 Å². The maximum Gasteiger partial charge on any atom is 0.244 e. The first-order valence-corrected chi connectivity index (χ1v) is 6.74. The fraction of sp³-hybridized carbons (Fsp3) is 0.556. The van der Waals surface area contributed by atoms with E-state index in [9.17, 15) is 8.42 Å². The maximum absolute atomic E-state index is 12.0. The second-order valence-electron chi connectivity index (χ2n) is 3.75. The molecule has 0 saturated heterocycles. The highest BCUT2D eigenvalue weighted by atomic mass is 35.5. The molecule has 0 atom stereocenters. The third-order valence-electron chi connectivity index (χ3n) is 2.60. The smallest absolute Gasteiger partial charge is 0.244 e. The van der Waals surface area contributed by atoms with Crippen LogP contribution in [0.5, 0.6) is 0 Å². The van der Waals surface area contributed by atoms with Gasteiger partial charge in [0.25, 0.3) is 0 Å². The number of nitrogens with one attached hydrogen (secondary N) is 1. The zero-order chi connectivity index (χ0) is 11.1. The number of hydrogen-bond donors (Lipinski definition) is 1. The van der Waals surface area contributed by atoms with Crippen molar-refractivity contribution in [3.8, 4) is 0 Å². The molecule has 0 aliphatic heterocycles. The first-order valence-electron chi connectivity index (χ1n) is 4.77. The van der Waals surface area contributed by atoms with Crippen LogP contribution in [0, 0.1) is 0 Å². The van der Waals surface area contributed by atoms with E-state index in [2.05, 4.69) is 4.98 Å². The third kappa shape index (κ3) is 2.04. The standard InChI is InChI=1S/C9H13ClN2O2S/c1-12(8-2-3-8)15(13,14)9-4-7(5-10)11-6-9/h4,6,8,11H,2-3,5H2,1H3. The molecule has 6 heteroatoms. The van der Waals surface area contributed by atoms with Gasteiger partial charge in [0.2, 0.25) is 10.0 Å². The van der Waals surface area contributed by atoms with Crippen LogP contribution in [0.15, 0.2) is 17.2 Å². The van der Waals surface area contributed by atoms with E-state index in [4.69, 9.17) is 11.6 Å². The summed E-state index contributed by atoms with van der Waals surface area (Å²) in [4.78, 5) is 3.14. The van der Waals surface area contributed by atoms with E-state index in [1.807, 2.05) is 0 Å². The third-order valence-corrected chi connectivity index (χ3v) is 4.77. The van der Waals surface area contributed by atoms with Crippen molar-refractivity contribution in [3.63, 3.8) is 0 Å². The van der Waals surface area contributed by atoms with Gasteiger partial charge in [-0.3, -0.25) is 0 Å². The van der Waals surface area contributed by atoms with Crippen molar-refractivity contribution in [1.82, 2.24) is 9.29 Å². The Hall–Kier alpha value is -0.520. The minimum absolute atomic E-state index is 0.185. The first kappa shape index (κ1) is 11.0. The van der Waals surface area contributed by atoms with Crippen LogP contribution in [-0.4, -0.2) is 30.8 Å². The van der Waals surface area contributed by atoms with Crippen molar-refractivity contribution < 1.29 is 8.42 Å². The van der Waals surface area contributed by atoms with E-state index >= 15 is 0 Å². The molecular formula is C9H13ClN2O2S. The van der Waals surface area contributed by atoms with E-state index < -0.39 is 10.0 Å². The lowest BCUT2D eigenvalue weighted by Crippen LogP contribution is -2.28. The number of hydrogen-bond acceptors (Lipinski definition) is 2. The van der Waals surface area contributed by atoms with E-state index in [1.54, 1.807) is 13.1 Å². The predicted molar refractivity (Wildman–Crippen MR) is 58.3 cm³/mol. The van der Waals surface area contributed by atoms with Gasteiger partial charge in [-0.15, -0.1) is 11.6 Å². The summed E-state index contributed by atoms with van der Waals surface area (Å²) in [5, 5.41) is 0. The van der Waals surface area contributed by atoms with Crippen LogP contribution in [-0.2, 0) is 15.9 Å². The van der Waals surface area contributed by atoms with E-state index in [-0.39, 0.29) is 6.04 Å². The molecule has 1 aromatic rings. The lowest BCUT2D eigenvalue weighted by atomic mass is 10.5. The van der Waals surface area contributed by atoms with Gasteiger partial charge in [-0.05, 0) is 18.9 Å². The Labute approximate surface area is 94.3 Å². The largest absolute Gasteiger partial charge is 0.363 e. The highest BCUT2D eigenvalue weighted by Gasteiger charge is 2.35. The first-order chi connectivity index (χ1) is 7.05. The van der Waals surface area contributed by atoms with Crippen molar-refractivity contribution in [2.75, 3.05) is 7.05 Å². The number of sulfonamides is 1.